The Hall–Kier alpha value is -3.22. The number of rotatable bonds is 6. The Morgan fingerprint density at radius 3 is 2.65 bits per heavy atom. The lowest BCUT2D eigenvalue weighted by Crippen LogP contribution is -2.32. The summed E-state index contributed by atoms with van der Waals surface area (Å²) in [5.74, 6) is 0.263. The maximum atomic E-state index is 12.7. The van der Waals surface area contributed by atoms with Gasteiger partial charge in [-0.2, -0.15) is 0 Å². The fraction of sp³-hybridized carbons (Fsp3) is 0.263. The predicted molar refractivity (Wildman–Crippen MR) is 98.8 cm³/mol. The number of aromatic nitrogens is 2. The molecule has 0 radical (unpaired) electrons. The maximum absolute atomic E-state index is 12.7. The van der Waals surface area contributed by atoms with Gasteiger partial charge in [-0.3, -0.25) is 14.9 Å². The molecular formula is C19H20N4O3. The number of carbonyl (C=O) groups is 1. The summed E-state index contributed by atoms with van der Waals surface area (Å²) in [5.41, 5.74) is 2.17. The second kappa shape index (κ2) is 7.35. The lowest BCUT2D eigenvalue weighted by atomic mass is 9.95. The average molecular weight is 352 g/mol. The Balaban J connectivity index is 1.78. The first kappa shape index (κ1) is 17.6. The van der Waals surface area contributed by atoms with Crippen LogP contribution in [0.1, 0.15) is 43.6 Å². The summed E-state index contributed by atoms with van der Waals surface area (Å²) in [4.78, 5) is 30.6. The van der Waals surface area contributed by atoms with Crippen molar-refractivity contribution in [3.8, 4) is 0 Å². The van der Waals surface area contributed by atoms with Gasteiger partial charge in [0.15, 0.2) is 0 Å². The molecule has 134 valence electrons. The summed E-state index contributed by atoms with van der Waals surface area (Å²) in [6, 6.07) is 13.8. The van der Waals surface area contributed by atoms with Crippen LogP contribution in [-0.2, 0) is 4.79 Å². The molecule has 3 aromatic rings. The van der Waals surface area contributed by atoms with Gasteiger partial charge in [0.2, 0.25) is 5.91 Å². The first-order valence-corrected chi connectivity index (χ1v) is 8.49. The molecule has 0 fully saturated rings. The van der Waals surface area contributed by atoms with Crippen molar-refractivity contribution in [1.29, 1.82) is 0 Å². The van der Waals surface area contributed by atoms with Crippen molar-refractivity contribution < 1.29 is 9.72 Å². The van der Waals surface area contributed by atoms with E-state index in [-0.39, 0.29) is 23.6 Å². The van der Waals surface area contributed by atoms with Gasteiger partial charge in [-0.15, -0.1) is 0 Å². The molecule has 7 nitrogen and oxygen atoms in total. The number of non-ortho nitro benzene ring substituents is 1. The number of carbonyl (C=O) groups excluding carboxylic acids is 1. The number of nitro groups is 1. The fourth-order valence-electron chi connectivity index (χ4n) is 2.98. The number of benzene rings is 2. The third-order valence-corrected chi connectivity index (χ3v) is 4.39. The van der Waals surface area contributed by atoms with Gasteiger partial charge < -0.3 is 10.3 Å². The molecule has 2 unspecified atom stereocenters. The Kier molecular flexibility index (Phi) is 4.97. The van der Waals surface area contributed by atoms with E-state index in [0.717, 1.165) is 5.56 Å². The molecule has 2 aromatic carbocycles. The number of nitrogens with one attached hydrogen (secondary N) is 2. The summed E-state index contributed by atoms with van der Waals surface area (Å²) >= 11 is 0. The third-order valence-electron chi connectivity index (χ3n) is 4.39. The van der Waals surface area contributed by atoms with Crippen LogP contribution in [-0.4, -0.2) is 20.8 Å². The van der Waals surface area contributed by atoms with Gasteiger partial charge in [-0.05, 0) is 25.0 Å². The van der Waals surface area contributed by atoms with Crippen LogP contribution in [0, 0.1) is 10.1 Å². The van der Waals surface area contributed by atoms with E-state index in [4.69, 9.17) is 0 Å². The minimum Gasteiger partial charge on any atom is -0.346 e. The lowest BCUT2D eigenvalue weighted by Gasteiger charge is -2.18. The van der Waals surface area contributed by atoms with Gasteiger partial charge in [0.1, 0.15) is 5.82 Å². The largest absolute Gasteiger partial charge is 0.346 e. The molecule has 0 aliphatic heterocycles. The van der Waals surface area contributed by atoms with Crippen molar-refractivity contribution >= 4 is 22.6 Å². The van der Waals surface area contributed by atoms with Crippen LogP contribution in [0.3, 0.4) is 0 Å². The number of hydrogen-bond donors (Lipinski definition) is 2. The molecule has 0 aliphatic carbocycles. The molecule has 0 spiro atoms. The Bertz CT molecular complexity index is 936. The summed E-state index contributed by atoms with van der Waals surface area (Å²) < 4.78 is 0. The molecule has 2 atom stereocenters. The first-order valence-electron chi connectivity index (χ1n) is 8.49. The molecule has 26 heavy (non-hydrogen) atoms. The predicted octanol–water partition coefficient (Wildman–Crippen LogP) is 3.84. The van der Waals surface area contributed by atoms with E-state index in [2.05, 4.69) is 15.3 Å². The highest BCUT2D eigenvalue weighted by Crippen LogP contribution is 2.23. The lowest BCUT2D eigenvalue weighted by molar-refractivity contribution is -0.384. The van der Waals surface area contributed by atoms with E-state index in [1.54, 1.807) is 6.07 Å². The maximum Gasteiger partial charge on any atom is 0.271 e. The van der Waals surface area contributed by atoms with Crippen molar-refractivity contribution in [2.45, 2.75) is 32.2 Å². The molecule has 0 bridgehead atoms. The fourth-order valence-corrected chi connectivity index (χ4v) is 2.98. The van der Waals surface area contributed by atoms with E-state index in [1.807, 2.05) is 44.2 Å². The van der Waals surface area contributed by atoms with E-state index in [9.17, 15) is 14.9 Å². The van der Waals surface area contributed by atoms with E-state index < -0.39 is 4.92 Å². The number of H-pyrrole nitrogens is 1. The molecule has 0 aliphatic rings. The van der Waals surface area contributed by atoms with Crippen LogP contribution in [0.5, 0.6) is 0 Å². The number of fused-ring (bicyclic) bond motifs is 1. The smallest absolute Gasteiger partial charge is 0.271 e. The number of amides is 1. The normalized spacial score (nSPS) is 13.3. The number of imidazole rings is 1. The molecule has 1 aromatic heterocycles. The van der Waals surface area contributed by atoms with Crippen molar-refractivity contribution in [3.05, 3.63) is 70.0 Å². The van der Waals surface area contributed by atoms with E-state index in [1.165, 1.54) is 12.1 Å². The highest BCUT2D eigenvalue weighted by Gasteiger charge is 2.22. The summed E-state index contributed by atoms with van der Waals surface area (Å²) in [7, 11) is 0. The van der Waals surface area contributed by atoms with Gasteiger partial charge in [-0.1, -0.05) is 37.3 Å². The van der Waals surface area contributed by atoms with Crippen molar-refractivity contribution in [3.63, 3.8) is 0 Å². The molecule has 1 amide bonds. The van der Waals surface area contributed by atoms with Gasteiger partial charge in [0.25, 0.3) is 5.69 Å². The van der Waals surface area contributed by atoms with Crippen molar-refractivity contribution in [2.24, 2.45) is 0 Å². The van der Waals surface area contributed by atoms with E-state index in [0.29, 0.717) is 23.3 Å². The monoisotopic (exact) mass is 352 g/mol. The van der Waals surface area contributed by atoms with Crippen LogP contribution in [0.15, 0.2) is 48.5 Å². The Morgan fingerprint density at radius 2 is 2.00 bits per heavy atom. The van der Waals surface area contributed by atoms with Crippen LogP contribution in [0.4, 0.5) is 5.69 Å². The van der Waals surface area contributed by atoms with Gasteiger partial charge in [0, 0.05) is 12.1 Å². The Morgan fingerprint density at radius 1 is 1.27 bits per heavy atom. The number of hydrogen-bond acceptors (Lipinski definition) is 4. The topological polar surface area (TPSA) is 101 Å². The average Bonchev–Trinajstić information content (AvgIpc) is 3.06. The van der Waals surface area contributed by atoms with E-state index >= 15 is 0 Å². The number of aromatic amines is 1. The quantitative estimate of drug-likeness (QED) is 0.520. The minimum absolute atomic E-state index is 0.000451. The van der Waals surface area contributed by atoms with Gasteiger partial charge in [0.05, 0.1) is 27.9 Å². The second-order valence-electron chi connectivity index (χ2n) is 6.18. The van der Waals surface area contributed by atoms with Crippen LogP contribution in [0.25, 0.3) is 11.0 Å². The van der Waals surface area contributed by atoms with Crippen molar-refractivity contribution in [2.75, 3.05) is 0 Å². The minimum atomic E-state index is -0.448. The second-order valence-corrected chi connectivity index (χ2v) is 6.18. The molecule has 0 saturated carbocycles. The van der Waals surface area contributed by atoms with Crippen LogP contribution < -0.4 is 5.32 Å². The number of nitro benzene ring substituents is 1. The molecule has 3 rings (SSSR count). The molecular weight excluding hydrogens is 332 g/mol. The third kappa shape index (κ3) is 3.56. The highest BCUT2D eigenvalue weighted by atomic mass is 16.6. The summed E-state index contributed by atoms with van der Waals surface area (Å²) in [6.07, 6.45) is 0.689. The zero-order valence-corrected chi connectivity index (χ0v) is 14.6. The van der Waals surface area contributed by atoms with Gasteiger partial charge >= 0.3 is 0 Å². The zero-order chi connectivity index (χ0) is 18.7. The summed E-state index contributed by atoms with van der Waals surface area (Å²) in [5, 5.41) is 13.9. The van der Waals surface area contributed by atoms with Crippen LogP contribution >= 0.6 is 0 Å². The van der Waals surface area contributed by atoms with Crippen molar-refractivity contribution in [1.82, 2.24) is 15.3 Å². The highest BCUT2D eigenvalue weighted by molar-refractivity contribution is 5.84. The molecule has 2 N–H and O–H groups in total. The Labute approximate surface area is 150 Å². The zero-order valence-electron chi connectivity index (χ0n) is 14.6. The summed E-state index contributed by atoms with van der Waals surface area (Å²) in [6.45, 7) is 3.81. The molecule has 0 saturated heterocycles. The standard InChI is InChI=1S/C19H20N4O3/c1-3-15(13-7-5-4-6-8-13)19(24)20-12(2)18-21-16-10-9-14(23(25)26)11-17(16)22-18/h4-12,15H,3H2,1-2H3,(H,20,24)(H,21,22). The van der Waals surface area contributed by atoms with Gasteiger partial charge in [-0.25, -0.2) is 4.98 Å². The number of nitrogens with zero attached hydrogens (tertiary/aromatic N) is 2. The SMILES string of the molecule is CCC(C(=O)NC(C)c1nc2ccc([N+](=O)[O-])cc2[nH]1)c1ccccc1. The first-order chi connectivity index (χ1) is 12.5. The molecule has 7 heteroatoms. The van der Waals surface area contributed by atoms with Crippen LogP contribution in [0.2, 0.25) is 0 Å². The molecule has 1 heterocycles.